The summed E-state index contributed by atoms with van der Waals surface area (Å²) in [5.41, 5.74) is 3.66. The van der Waals surface area contributed by atoms with Crippen LogP contribution in [0, 0.1) is 13.8 Å². The van der Waals surface area contributed by atoms with Crippen molar-refractivity contribution in [2.75, 3.05) is 0 Å². The number of aliphatic carboxylic acids is 1. The van der Waals surface area contributed by atoms with E-state index in [0.717, 1.165) is 22.3 Å². The summed E-state index contributed by atoms with van der Waals surface area (Å²) in [6, 6.07) is 14.4. The first-order valence-electron chi connectivity index (χ1n) is 7.72. The number of amides is 1. The zero-order valence-corrected chi connectivity index (χ0v) is 13.8. The minimum atomic E-state index is -0.983. The normalized spacial score (nSPS) is 11.6. The highest BCUT2D eigenvalue weighted by molar-refractivity contribution is 5.72. The maximum Gasteiger partial charge on any atom is 0.407 e. The summed E-state index contributed by atoms with van der Waals surface area (Å²) in [6.45, 7) is 4.00. The molecular weight excluding hydrogens is 306 g/mol. The standard InChI is InChI=1S/C19H21NO4/c1-13-8-9-16(14(2)10-13)17(11-18(21)22)20-19(23)24-12-15-6-4-3-5-7-15/h3-10,17H,11-12H2,1-2H3,(H,20,23)(H,21,22). The molecule has 2 aromatic carbocycles. The van der Waals surface area contributed by atoms with Crippen molar-refractivity contribution >= 4 is 12.1 Å². The Bertz CT molecular complexity index is 713. The summed E-state index contributed by atoms with van der Waals surface area (Å²) in [5.74, 6) is -0.983. The van der Waals surface area contributed by atoms with Crippen LogP contribution in [-0.2, 0) is 16.1 Å². The molecule has 0 aliphatic carbocycles. The average Bonchev–Trinajstić information content (AvgIpc) is 2.53. The zero-order valence-electron chi connectivity index (χ0n) is 13.8. The molecule has 0 bridgehead atoms. The van der Waals surface area contributed by atoms with Crippen molar-refractivity contribution in [3.63, 3.8) is 0 Å². The van der Waals surface area contributed by atoms with Gasteiger partial charge in [-0.25, -0.2) is 4.79 Å². The van der Waals surface area contributed by atoms with E-state index in [-0.39, 0.29) is 13.0 Å². The van der Waals surface area contributed by atoms with Crippen LogP contribution in [-0.4, -0.2) is 17.2 Å². The molecule has 1 atom stereocenters. The summed E-state index contributed by atoms with van der Waals surface area (Å²) >= 11 is 0. The number of alkyl carbamates (subject to hydrolysis) is 1. The van der Waals surface area contributed by atoms with Crippen molar-refractivity contribution < 1.29 is 19.4 Å². The Hall–Kier alpha value is -2.82. The topological polar surface area (TPSA) is 75.6 Å². The van der Waals surface area contributed by atoms with Gasteiger partial charge in [0.05, 0.1) is 12.5 Å². The molecule has 0 saturated carbocycles. The molecule has 0 aliphatic rings. The number of ether oxygens (including phenoxy) is 1. The van der Waals surface area contributed by atoms with Crippen molar-refractivity contribution in [2.24, 2.45) is 0 Å². The average molecular weight is 327 g/mol. The SMILES string of the molecule is Cc1ccc(C(CC(=O)O)NC(=O)OCc2ccccc2)c(C)c1. The molecule has 0 fully saturated rings. The number of hydrogen-bond donors (Lipinski definition) is 2. The maximum atomic E-state index is 12.0. The number of carboxylic acid groups (broad SMARTS) is 1. The summed E-state index contributed by atoms with van der Waals surface area (Å²) < 4.78 is 5.18. The third kappa shape index (κ3) is 5.12. The second-order valence-electron chi connectivity index (χ2n) is 5.72. The van der Waals surface area contributed by atoms with E-state index in [0.29, 0.717) is 0 Å². The minimum absolute atomic E-state index is 0.138. The monoisotopic (exact) mass is 327 g/mol. The van der Waals surface area contributed by atoms with E-state index in [2.05, 4.69) is 5.32 Å². The summed E-state index contributed by atoms with van der Waals surface area (Å²) in [4.78, 5) is 23.2. The van der Waals surface area contributed by atoms with Crippen LogP contribution >= 0.6 is 0 Å². The Balaban J connectivity index is 2.05. The minimum Gasteiger partial charge on any atom is -0.481 e. The van der Waals surface area contributed by atoms with Crippen molar-refractivity contribution in [2.45, 2.75) is 32.9 Å². The largest absolute Gasteiger partial charge is 0.481 e. The summed E-state index contributed by atoms with van der Waals surface area (Å²) in [7, 11) is 0. The molecule has 2 N–H and O–H groups in total. The van der Waals surface area contributed by atoms with Gasteiger partial charge in [0.1, 0.15) is 6.61 Å². The van der Waals surface area contributed by atoms with Gasteiger partial charge in [0, 0.05) is 0 Å². The molecule has 0 aliphatic heterocycles. The van der Waals surface area contributed by atoms with Gasteiger partial charge >= 0.3 is 12.1 Å². The molecule has 1 amide bonds. The number of nitrogens with one attached hydrogen (secondary N) is 1. The van der Waals surface area contributed by atoms with Crippen molar-refractivity contribution in [3.05, 3.63) is 70.8 Å². The molecular formula is C19H21NO4. The van der Waals surface area contributed by atoms with Gasteiger partial charge in [-0.2, -0.15) is 0 Å². The van der Waals surface area contributed by atoms with E-state index in [4.69, 9.17) is 9.84 Å². The molecule has 0 saturated heterocycles. The van der Waals surface area contributed by atoms with Gasteiger partial charge in [0.25, 0.3) is 0 Å². The third-order valence-corrected chi connectivity index (χ3v) is 3.68. The summed E-state index contributed by atoms with van der Waals surface area (Å²) in [6.07, 6.45) is -0.838. The fraction of sp³-hybridized carbons (Fsp3) is 0.263. The van der Waals surface area contributed by atoms with Crippen molar-refractivity contribution in [1.29, 1.82) is 0 Å². The molecule has 0 spiro atoms. The second-order valence-corrected chi connectivity index (χ2v) is 5.72. The van der Waals surface area contributed by atoms with Crippen molar-refractivity contribution in [1.82, 2.24) is 5.32 Å². The molecule has 0 aromatic heterocycles. The molecule has 2 aromatic rings. The molecule has 0 heterocycles. The third-order valence-electron chi connectivity index (χ3n) is 3.68. The van der Waals surface area contributed by atoms with Gasteiger partial charge in [-0.3, -0.25) is 4.79 Å². The first-order chi connectivity index (χ1) is 11.5. The van der Waals surface area contributed by atoms with E-state index in [9.17, 15) is 9.59 Å². The van der Waals surface area contributed by atoms with E-state index < -0.39 is 18.1 Å². The number of hydrogen-bond acceptors (Lipinski definition) is 3. The lowest BCUT2D eigenvalue weighted by atomic mass is 9.97. The van der Waals surface area contributed by atoms with Crippen LogP contribution in [0.2, 0.25) is 0 Å². The van der Waals surface area contributed by atoms with Crippen LogP contribution in [0.3, 0.4) is 0 Å². The number of carboxylic acids is 1. The Morgan fingerprint density at radius 3 is 2.46 bits per heavy atom. The molecule has 5 nitrogen and oxygen atoms in total. The van der Waals surface area contributed by atoms with E-state index >= 15 is 0 Å². The van der Waals surface area contributed by atoms with Gasteiger partial charge in [-0.1, -0.05) is 54.1 Å². The fourth-order valence-corrected chi connectivity index (χ4v) is 2.54. The lowest BCUT2D eigenvalue weighted by Crippen LogP contribution is -2.31. The van der Waals surface area contributed by atoms with E-state index in [1.807, 2.05) is 62.4 Å². The molecule has 126 valence electrons. The van der Waals surface area contributed by atoms with Crippen LogP contribution in [0.25, 0.3) is 0 Å². The first kappa shape index (κ1) is 17.5. The van der Waals surface area contributed by atoms with Gasteiger partial charge < -0.3 is 15.2 Å². The van der Waals surface area contributed by atoms with Crippen LogP contribution in [0.4, 0.5) is 4.79 Å². The molecule has 2 rings (SSSR count). The predicted molar refractivity (Wildman–Crippen MR) is 90.7 cm³/mol. The smallest absolute Gasteiger partial charge is 0.407 e. The van der Waals surface area contributed by atoms with Gasteiger partial charge in [-0.15, -0.1) is 0 Å². The zero-order chi connectivity index (χ0) is 17.5. The quantitative estimate of drug-likeness (QED) is 0.847. The van der Waals surface area contributed by atoms with Crippen molar-refractivity contribution in [3.8, 4) is 0 Å². The number of rotatable bonds is 6. The van der Waals surface area contributed by atoms with E-state index in [1.165, 1.54) is 0 Å². The number of carbonyl (C=O) groups excluding carboxylic acids is 1. The Morgan fingerprint density at radius 2 is 1.83 bits per heavy atom. The predicted octanol–water partition coefficient (Wildman–Crippen LogP) is 3.75. The number of carbonyl (C=O) groups is 2. The lowest BCUT2D eigenvalue weighted by molar-refractivity contribution is -0.137. The number of aryl methyl sites for hydroxylation is 2. The van der Waals surface area contributed by atoms with Gasteiger partial charge in [0.2, 0.25) is 0 Å². The fourth-order valence-electron chi connectivity index (χ4n) is 2.54. The van der Waals surface area contributed by atoms with Gasteiger partial charge in [0.15, 0.2) is 0 Å². The Kier molecular flexibility index (Phi) is 5.95. The summed E-state index contributed by atoms with van der Waals surface area (Å²) in [5, 5.41) is 11.8. The molecule has 1 unspecified atom stereocenters. The lowest BCUT2D eigenvalue weighted by Gasteiger charge is -2.19. The molecule has 5 heteroatoms. The van der Waals surface area contributed by atoms with Crippen LogP contribution in [0.15, 0.2) is 48.5 Å². The number of benzene rings is 2. The van der Waals surface area contributed by atoms with Crippen LogP contribution < -0.4 is 5.32 Å². The second kappa shape index (κ2) is 8.15. The first-order valence-corrected chi connectivity index (χ1v) is 7.72. The molecule has 0 radical (unpaired) electrons. The molecule has 24 heavy (non-hydrogen) atoms. The van der Waals surface area contributed by atoms with Crippen LogP contribution in [0.1, 0.15) is 34.7 Å². The Labute approximate surface area is 141 Å². The highest BCUT2D eigenvalue weighted by Crippen LogP contribution is 2.22. The van der Waals surface area contributed by atoms with Crippen LogP contribution in [0.5, 0.6) is 0 Å². The Morgan fingerprint density at radius 1 is 1.12 bits per heavy atom. The highest BCUT2D eigenvalue weighted by atomic mass is 16.5. The van der Waals surface area contributed by atoms with Gasteiger partial charge in [-0.05, 0) is 30.5 Å². The van der Waals surface area contributed by atoms with E-state index in [1.54, 1.807) is 0 Å². The maximum absolute atomic E-state index is 12.0. The highest BCUT2D eigenvalue weighted by Gasteiger charge is 2.20.